The van der Waals surface area contributed by atoms with Crippen molar-refractivity contribution in [3.8, 4) is 0 Å². The molecule has 1 rings (SSSR count). The number of rotatable bonds is 2. The van der Waals surface area contributed by atoms with E-state index < -0.39 is 0 Å². The van der Waals surface area contributed by atoms with E-state index in [0.29, 0.717) is 11.4 Å². The van der Waals surface area contributed by atoms with Crippen molar-refractivity contribution in [3.05, 3.63) is 16.8 Å². The molecule has 1 heterocycles. The molecule has 0 saturated heterocycles. The monoisotopic (exact) mass is 209 g/mol. The molecular formula is C9H15N5O. The number of nitrogens with two attached hydrogens (primary N) is 1. The number of hydrogen-bond acceptors (Lipinski definition) is 5. The Labute approximate surface area is 88.4 Å². The zero-order valence-electron chi connectivity index (χ0n) is 9.31. The summed E-state index contributed by atoms with van der Waals surface area (Å²) in [7, 11) is 3.65. The van der Waals surface area contributed by atoms with Gasteiger partial charge in [0.25, 0.3) is 0 Å². The number of hydrogen-bond donors (Lipinski definition) is 2. The van der Waals surface area contributed by atoms with E-state index in [4.69, 9.17) is 10.9 Å². The zero-order valence-corrected chi connectivity index (χ0v) is 9.31. The highest BCUT2D eigenvalue weighted by atomic mass is 16.4. The summed E-state index contributed by atoms with van der Waals surface area (Å²) in [5.74, 6) is 0.641. The summed E-state index contributed by atoms with van der Waals surface area (Å²) >= 11 is 0. The van der Waals surface area contributed by atoms with Gasteiger partial charge in [0.2, 0.25) is 0 Å². The van der Waals surface area contributed by atoms with Crippen LogP contribution in [-0.4, -0.2) is 35.3 Å². The van der Waals surface area contributed by atoms with Crippen molar-refractivity contribution in [2.45, 2.75) is 13.8 Å². The Morgan fingerprint density at radius 3 is 2.40 bits per heavy atom. The van der Waals surface area contributed by atoms with Gasteiger partial charge in [-0.1, -0.05) is 5.16 Å². The van der Waals surface area contributed by atoms with Gasteiger partial charge in [0, 0.05) is 14.1 Å². The summed E-state index contributed by atoms with van der Waals surface area (Å²) in [6.07, 6.45) is 0. The largest absolute Gasteiger partial charge is 0.409 e. The molecule has 6 heteroatoms. The first kappa shape index (κ1) is 11.2. The van der Waals surface area contributed by atoms with Crippen molar-refractivity contribution in [2.75, 3.05) is 19.0 Å². The lowest BCUT2D eigenvalue weighted by Crippen LogP contribution is -2.23. The first-order chi connectivity index (χ1) is 6.99. The number of aromatic nitrogens is 2. The maximum Gasteiger partial charge on any atom is 0.174 e. The van der Waals surface area contributed by atoms with Gasteiger partial charge in [0.1, 0.15) is 0 Å². The van der Waals surface area contributed by atoms with Crippen molar-refractivity contribution in [3.63, 3.8) is 0 Å². The van der Waals surface area contributed by atoms with E-state index in [1.807, 2.05) is 27.9 Å². The number of nitrogens with zero attached hydrogens (tertiary/aromatic N) is 4. The first-order valence-electron chi connectivity index (χ1n) is 4.48. The average molecular weight is 209 g/mol. The maximum atomic E-state index is 8.71. The molecule has 0 amide bonds. The maximum absolute atomic E-state index is 8.71. The van der Waals surface area contributed by atoms with Gasteiger partial charge in [0.05, 0.1) is 11.3 Å². The SMILES string of the molecule is Cc1nnc(N(C)C)c(/C(N)=N/O)c1C. The highest BCUT2D eigenvalue weighted by Gasteiger charge is 2.16. The normalized spacial score (nSPS) is 11.6. The van der Waals surface area contributed by atoms with Crippen LogP contribution < -0.4 is 10.6 Å². The molecule has 0 aromatic carbocycles. The number of aryl methyl sites for hydroxylation is 1. The summed E-state index contributed by atoms with van der Waals surface area (Å²) in [6.45, 7) is 3.69. The Balaban J connectivity index is 3.49. The van der Waals surface area contributed by atoms with Crippen molar-refractivity contribution < 1.29 is 5.21 Å². The molecule has 0 fully saturated rings. The molecule has 0 aliphatic rings. The summed E-state index contributed by atoms with van der Waals surface area (Å²) < 4.78 is 0. The van der Waals surface area contributed by atoms with Gasteiger partial charge < -0.3 is 15.8 Å². The molecule has 0 unspecified atom stereocenters. The van der Waals surface area contributed by atoms with Gasteiger partial charge in [-0.15, -0.1) is 5.10 Å². The molecule has 15 heavy (non-hydrogen) atoms. The second-order valence-corrected chi connectivity index (χ2v) is 3.49. The number of amidine groups is 1. The highest BCUT2D eigenvalue weighted by Crippen LogP contribution is 2.19. The molecule has 0 bridgehead atoms. The Bertz CT molecular complexity index is 400. The molecule has 6 nitrogen and oxygen atoms in total. The van der Waals surface area contributed by atoms with Crippen molar-refractivity contribution in [1.29, 1.82) is 0 Å². The fourth-order valence-electron chi connectivity index (χ4n) is 1.27. The summed E-state index contributed by atoms with van der Waals surface area (Å²) in [4.78, 5) is 1.77. The standard InChI is InChI=1S/C9H15N5O/c1-5-6(2)11-12-9(14(3)4)7(5)8(10)13-15/h15H,1-4H3,(H2,10,13). The molecular weight excluding hydrogens is 194 g/mol. The minimum Gasteiger partial charge on any atom is -0.409 e. The van der Waals surface area contributed by atoms with E-state index in [9.17, 15) is 0 Å². The summed E-state index contributed by atoms with van der Waals surface area (Å²) in [5, 5.41) is 19.7. The second kappa shape index (κ2) is 4.12. The van der Waals surface area contributed by atoms with Gasteiger partial charge in [0.15, 0.2) is 11.7 Å². The topological polar surface area (TPSA) is 87.6 Å². The molecule has 0 radical (unpaired) electrons. The average Bonchev–Trinajstić information content (AvgIpc) is 2.20. The minimum absolute atomic E-state index is 0.0502. The summed E-state index contributed by atoms with van der Waals surface area (Å²) in [6, 6.07) is 0. The molecule has 1 aromatic heterocycles. The zero-order chi connectivity index (χ0) is 11.6. The van der Waals surface area contributed by atoms with E-state index >= 15 is 0 Å². The number of oxime groups is 1. The Morgan fingerprint density at radius 2 is 1.93 bits per heavy atom. The lowest BCUT2D eigenvalue weighted by Gasteiger charge is -2.17. The van der Waals surface area contributed by atoms with Gasteiger partial charge in [-0.25, -0.2) is 0 Å². The quantitative estimate of drug-likeness (QED) is 0.315. The Kier molecular flexibility index (Phi) is 3.08. The Hall–Kier alpha value is -1.85. The van der Waals surface area contributed by atoms with Crippen molar-refractivity contribution >= 4 is 11.7 Å². The lowest BCUT2D eigenvalue weighted by atomic mass is 10.1. The third-order valence-corrected chi connectivity index (χ3v) is 2.22. The minimum atomic E-state index is 0.0502. The lowest BCUT2D eigenvalue weighted by molar-refractivity contribution is 0.318. The van der Waals surface area contributed by atoms with E-state index in [-0.39, 0.29) is 5.84 Å². The molecule has 0 atom stereocenters. The van der Waals surface area contributed by atoms with E-state index in [1.54, 1.807) is 4.90 Å². The fraction of sp³-hybridized carbons (Fsp3) is 0.444. The predicted molar refractivity (Wildman–Crippen MR) is 58.3 cm³/mol. The van der Waals surface area contributed by atoms with Gasteiger partial charge >= 0.3 is 0 Å². The number of anilines is 1. The third-order valence-electron chi connectivity index (χ3n) is 2.22. The summed E-state index contributed by atoms with van der Waals surface area (Å²) in [5.41, 5.74) is 7.86. The molecule has 3 N–H and O–H groups in total. The molecule has 0 aliphatic heterocycles. The molecule has 0 aliphatic carbocycles. The van der Waals surface area contributed by atoms with E-state index in [1.165, 1.54) is 0 Å². The van der Waals surface area contributed by atoms with Crippen molar-refractivity contribution in [2.24, 2.45) is 10.9 Å². The van der Waals surface area contributed by atoms with Crippen LogP contribution >= 0.6 is 0 Å². The van der Waals surface area contributed by atoms with Crippen LogP contribution in [0.2, 0.25) is 0 Å². The van der Waals surface area contributed by atoms with Gasteiger partial charge in [-0.05, 0) is 19.4 Å². The molecule has 82 valence electrons. The smallest absolute Gasteiger partial charge is 0.174 e. The molecule has 0 spiro atoms. The van der Waals surface area contributed by atoms with Gasteiger partial charge in [-0.3, -0.25) is 0 Å². The predicted octanol–water partition coefficient (Wildman–Crippen LogP) is 0.254. The van der Waals surface area contributed by atoms with Crippen molar-refractivity contribution in [1.82, 2.24) is 10.2 Å². The Morgan fingerprint density at radius 1 is 1.33 bits per heavy atom. The highest BCUT2D eigenvalue weighted by molar-refractivity contribution is 6.02. The van der Waals surface area contributed by atoms with Crippen LogP contribution in [-0.2, 0) is 0 Å². The van der Waals surface area contributed by atoms with Crippen LogP contribution in [0.1, 0.15) is 16.8 Å². The fourth-order valence-corrected chi connectivity index (χ4v) is 1.27. The van der Waals surface area contributed by atoms with Crippen LogP contribution in [0, 0.1) is 13.8 Å². The molecule has 0 saturated carbocycles. The van der Waals surface area contributed by atoms with Crippen LogP contribution in [0.3, 0.4) is 0 Å². The van der Waals surface area contributed by atoms with E-state index in [0.717, 1.165) is 11.3 Å². The first-order valence-corrected chi connectivity index (χ1v) is 4.48. The second-order valence-electron chi connectivity index (χ2n) is 3.49. The van der Waals surface area contributed by atoms with Crippen LogP contribution in [0.25, 0.3) is 0 Å². The van der Waals surface area contributed by atoms with Crippen LogP contribution in [0.15, 0.2) is 5.16 Å². The third kappa shape index (κ3) is 1.98. The van der Waals surface area contributed by atoms with Crippen LogP contribution in [0.4, 0.5) is 5.82 Å². The van der Waals surface area contributed by atoms with Gasteiger partial charge in [-0.2, -0.15) is 5.10 Å². The van der Waals surface area contributed by atoms with Crippen LogP contribution in [0.5, 0.6) is 0 Å². The van der Waals surface area contributed by atoms with E-state index in [2.05, 4.69) is 15.4 Å². The molecule has 1 aromatic rings.